The van der Waals surface area contributed by atoms with Gasteiger partial charge >= 0.3 is 0 Å². The summed E-state index contributed by atoms with van der Waals surface area (Å²) in [6.07, 6.45) is 11.3. The second-order valence-corrected chi connectivity index (χ2v) is 8.06. The van der Waals surface area contributed by atoms with Crippen LogP contribution in [0.4, 0.5) is 0 Å². The lowest BCUT2D eigenvalue weighted by Crippen LogP contribution is -2.28. The van der Waals surface area contributed by atoms with Crippen LogP contribution in [0.15, 0.2) is 59.8 Å². The molecule has 0 spiro atoms. The van der Waals surface area contributed by atoms with Gasteiger partial charge in [0.05, 0.1) is 17.4 Å². The molecule has 6 heteroatoms. The van der Waals surface area contributed by atoms with Gasteiger partial charge in [-0.2, -0.15) is 0 Å². The van der Waals surface area contributed by atoms with E-state index >= 15 is 0 Å². The Bertz CT molecular complexity index is 1260. The van der Waals surface area contributed by atoms with Crippen molar-refractivity contribution in [1.82, 2.24) is 24.8 Å². The molecule has 0 bridgehead atoms. The third-order valence-corrected chi connectivity index (χ3v) is 5.80. The molecule has 2 N–H and O–H groups in total. The van der Waals surface area contributed by atoms with E-state index in [-0.39, 0.29) is 5.56 Å². The van der Waals surface area contributed by atoms with Crippen molar-refractivity contribution in [2.24, 2.45) is 0 Å². The highest BCUT2D eigenvalue weighted by Crippen LogP contribution is 2.22. The van der Waals surface area contributed by atoms with E-state index in [4.69, 9.17) is 0 Å². The van der Waals surface area contributed by atoms with Crippen LogP contribution in [0.2, 0.25) is 0 Å². The first kappa shape index (κ1) is 19.5. The van der Waals surface area contributed by atoms with Crippen LogP contribution in [0.1, 0.15) is 36.1 Å². The zero-order chi connectivity index (χ0) is 21.0. The van der Waals surface area contributed by atoms with Crippen LogP contribution in [-0.2, 0) is 6.54 Å². The highest BCUT2D eigenvalue weighted by atomic mass is 16.1. The number of benzene rings is 1. The average Bonchev–Trinajstić information content (AvgIpc) is 3.26. The Morgan fingerprint density at radius 3 is 2.61 bits per heavy atom. The summed E-state index contributed by atoms with van der Waals surface area (Å²) in [5.74, 6) is 0. The van der Waals surface area contributed by atoms with E-state index < -0.39 is 0 Å². The number of piperidine rings is 1. The van der Waals surface area contributed by atoms with E-state index in [9.17, 15) is 4.79 Å². The van der Waals surface area contributed by atoms with Gasteiger partial charge in [-0.1, -0.05) is 36.8 Å². The summed E-state index contributed by atoms with van der Waals surface area (Å²) in [4.78, 5) is 28.9. The fraction of sp³-hybridized carbons (Fsp3) is 0.240. The first-order valence-corrected chi connectivity index (χ1v) is 10.8. The molecule has 0 atom stereocenters. The number of aromatic amines is 2. The SMILES string of the molecule is O=c1[nH]cnc2[nH]c(-c3ccnc(/C=C/c4ccc(CN5CCCCC5)cc4)c3)cc12. The molecule has 31 heavy (non-hydrogen) atoms. The number of H-pyrrole nitrogens is 2. The molecule has 0 amide bonds. The molecular weight excluding hydrogens is 386 g/mol. The summed E-state index contributed by atoms with van der Waals surface area (Å²) in [6.45, 7) is 3.46. The van der Waals surface area contributed by atoms with Crippen LogP contribution in [-0.4, -0.2) is 37.9 Å². The number of nitrogens with one attached hydrogen (secondary N) is 2. The molecule has 3 aromatic heterocycles. The maximum absolute atomic E-state index is 11.9. The summed E-state index contributed by atoms with van der Waals surface area (Å²) in [5.41, 5.74) is 5.61. The molecule has 1 saturated heterocycles. The smallest absolute Gasteiger partial charge is 0.260 e. The predicted molar refractivity (Wildman–Crippen MR) is 124 cm³/mol. The number of nitrogens with zero attached hydrogens (tertiary/aromatic N) is 3. The van der Waals surface area contributed by atoms with E-state index in [1.807, 2.05) is 24.3 Å². The summed E-state index contributed by atoms with van der Waals surface area (Å²) in [7, 11) is 0. The maximum atomic E-state index is 11.9. The molecule has 4 heterocycles. The van der Waals surface area contributed by atoms with E-state index in [1.165, 1.54) is 44.2 Å². The molecule has 1 aliphatic rings. The van der Waals surface area contributed by atoms with E-state index in [2.05, 4.69) is 55.2 Å². The van der Waals surface area contributed by atoms with Crippen molar-refractivity contribution in [2.45, 2.75) is 25.8 Å². The predicted octanol–water partition coefficient (Wildman–Crippen LogP) is 4.47. The summed E-state index contributed by atoms with van der Waals surface area (Å²) < 4.78 is 0. The Morgan fingerprint density at radius 1 is 0.968 bits per heavy atom. The minimum absolute atomic E-state index is 0.148. The Hall–Kier alpha value is -3.51. The van der Waals surface area contributed by atoms with Crippen LogP contribution in [0.25, 0.3) is 34.4 Å². The number of aromatic nitrogens is 4. The quantitative estimate of drug-likeness (QED) is 0.508. The number of rotatable bonds is 5. The molecule has 1 fully saturated rings. The van der Waals surface area contributed by atoms with Gasteiger partial charge in [0.15, 0.2) is 0 Å². The first-order chi connectivity index (χ1) is 15.2. The highest BCUT2D eigenvalue weighted by molar-refractivity contribution is 5.82. The van der Waals surface area contributed by atoms with Crippen molar-refractivity contribution >= 4 is 23.2 Å². The zero-order valence-corrected chi connectivity index (χ0v) is 17.3. The van der Waals surface area contributed by atoms with Gasteiger partial charge in [-0.25, -0.2) is 4.98 Å². The second-order valence-electron chi connectivity index (χ2n) is 8.06. The van der Waals surface area contributed by atoms with Gasteiger partial charge in [-0.05, 0) is 61.3 Å². The lowest BCUT2D eigenvalue weighted by molar-refractivity contribution is 0.221. The van der Waals surface area contributed by atoms with Crippen molar-refractivity contribution in [3.8, 4) is 11.3 Å². The fourth-order valence-corrected chi connectivity index (χ4v) is 4.11. The van der Waals surface area contributed by atoms with Gasteiger partial charge in [0.2, 0.25) is 0 Å². The third-order valence-electron chi connectivity index (χ3n) is 5.80. The molecule has 1 aromatic carbocycles. The fourth-order valence-electron chi connectivity index (χ4n) is 4.11. The molecule has 4 aromatic rings. The monoisotopic (exact) mass is 411 g/mol. The third kappa shape index (κ3) is 4.49. The van der Waals surface area contributed by atoms with Crippen molar-refractivity contribution in [3.05, 3.63) is 82.2 Å². The molecule has 156 valence electrons. The number of pyridine rings is 1. The topological polar surface area (TPSA) is 77.7 Å². The normalized spacial score (nSPS) is 15.1. The van der Waals surface area contributed by atoms with Crippen LogP contribution < -0.4 is 5.56 Å². The van der Waals surface area contributed by atoms with Gasteiger partial charge < -0.3 is 9.97 Å². The zero-order valence-electron chi connectivity index (χ0n) is 17.3. The van der Waals surface area contributed by atoms with Crippen LogP contribution in [0.5, 0.6) is 0 Å². The molecule has 0 unspecified atom stereocenters. The van der Waals surface area contributed by atoms with Crippen LogP contribution >= 0.6 is 0 Å². The van der Waals surface area contributed by atoms with Gasteiger partial charge in [0.25, 0.3) is 5.56 Å². The Balaban J connectivity index is 1.30. The summed E-state index contributed by atoms with van der Waals surface area (Å²) in [5, 5.41) is 0.552. The minimum Gasteiger partial charge on any atom is -0.339 e. The molecular formula is C25H25N5O. The summed E-state index contributed by atoms with van der Waals surface area (Å²) in [6, 6.07) is 14.5. The molecule has 0 radical (unpaired) electrons. The molecule has 5 rings (SSSR count). The lowest BCUT2D eigenvalue weighted by Gasteiger charge is -2.26. The Kier molecular flexibility index (Phi) is 5.46. The van der Waals surface area contributed by atoms with Crippen molar-refractivity contribution < 1.29 is 0 Å². The number of likely N-dealkylation sites (tertiary alicyclic amines) is 1. The molecule has 0 saturated carbocycles. The number of fused-ring (bicyclic) bond motifs is 1. The van der Waals surface area contributed by atoms with Gasteiger partial charge in [-0.3, -0.25) is 14.7 Å². The Labute approximate surface area is 180 Å². The first-order valence-electron chi connectivity index (χ1n) is 10.8. The van der Waals surface area contributed by atoms with E-state index in [1.54, 1.807) is 6.20 Å². The van der Waals surface area contributed by atoms with Crippen molar-refractivity contribution in [1.29, 1.82) is 0 Å². The van der Waals surface area contributed by atoms with Gasteiger partial charge in [-0.15, -0.1) is 0 Å². The van der Waals surface area contributed by atoms with E-state index in [0.717, 1.165) is 29.1 Å². The lowest BCUT2D eigenvalue weighted by atomic mass is 10.1. The molecule has 6 nitrogen and oxygen atoms in total. The van der Waals surface area contributed by atoms with Crippen molar-refractivity contribution in [2.75, 3.05) is 13.1 Å². The second kappa shape index (κ2) is 8.70. The highest BCUT2D eigenvalue weighted by Gasteiger charge is 2.10. The van der Waals surface area contributed by atoms with Gasteiger partial charge in [0, 0.05) is 24.0 Å². The number of hydrogen-bond acceptors (Lipinski definition) is 4. The van der Waals surface area contributed by atoms with Gasteiger partial charge in [0.1, 0.15) is 5.65 Å². The minimum atomic E-state index is -0.148. The summed E-state index contributed by atoms with van der Waals surface area (Å²) >= 11 is 0. The standard InChI is InChI=1S/C25H25N5O/c31-25-22-15-23(29-24(22)27-17-28-25)20-10-11-26-21(14-20)9-8-18-4-6-19(7-5-18)16-30-12-2-1-3-13-30/h4-11,14-15,17H,1-3,12-13,16H2,(H2,27,28,29,31)/b9-8+. The Morgan fingerprint density at radius 2 is 1.81 bits per heavy atom. The largest absolute Gasteiger partial charge is 0.339 e. The number of hydrogen-bond donors (Lipinski definition) is 2. The average molecular weight is 412 g/mol. The van der Waals surface area contributed by atoms with Crippen LogP contribution in [0, 0.1) is 0 Å². The molecule has 0 aliphatic carbocycles. The van der Waals surface area contributed by atoms with Crippen molar-refractivity contribution in [3.63, 3.8) is 0 Å². The van der Waals surface area contributed by atoms with E-state index in [0.29, 0.717) is 11.0 Å². The van der Waals surface area contributed by atoms with Crippen LogP contribution in [0.3, 0.4) is 0 Å². The maximum Gasteiger partial charge on any atom is 0.260 e. The molecule has 1 aliphatic heterocycles.